The summed E-state index contributed by atoms with van der Waals surface area (Å²) in [6, 6.07) is 19.0. The molecule has 112 valence electrons. The Kier molecular flexibility index (Phi) is 5.44. The minimum atomic E-state index is -0.0403. The summed E-state index contributed by atoms with van der Waals surface area (Å²) < 4.78 is 0. The lowest BCUT2D eigenvalue weighted by molar-refractivity contribution is 0.348. The van der Waals surface area contributed by atoms with Gasteiger partial charge in [-0.1, -0.05) is 80.9 Å². The van der Waals surface area contributed by atoms with E-state index in [1.807, 2.05) is 12.1 Å². The Labute approximate surface area is 133 Å². The highest BCUT2D eigenvalue weighted by atomic mass is 35.5. The van der Waals surface area contributed by atoms with Gasteiger partial charge < -0.3 is 5.32 Å². The molecule has 1 nitrogen and oxygen atoms in total. The van der Waals surface area contributed by atoms with Gasteiger partial charge >= 0.3 is 0 Å². The highest BCUT2D eigenvalue weighted by Crippen LogP contribution is 2.39. The van der Waals surface area contributed by atoms with Crippen molar-refractivity contribution in [2.45, 2.75) is 38.6 Å². The summed E-state index contributed by atoms with van der Waals surface area (Å²) in [6.45, 7) is 7.72. The zero-order valence-electron chi connectivity index (χ0n) is 13.1. The van der Waals surface area contributed by atoms with Crippen LogP contribution < -0.4 is 5.32 Å². The highest BCUT2D eigenvalue weighted by Gasteiger charge is 2.33. The van der Waals surface area contributed by atoms with Crippen LogP contribution in [0.1, 0.15) is 44.4 Å². The molecule has 1 atom stereocenters. The molecule has 0 radical (unpaired) electrons. The van der Waals surface area contributed by atoms with Crippen molar-refractivity contribution in [1.29, 1.82) is 0 Å². The Bertz CT molecular complexity index is 563. The van der Waals surface area contributed by atoms with E-state index in [0.717, 1.165) is 18.0 Å². The first kappa shape index (κ1) is 16.1. The lowest BCUT2D eigenvalue weighted by Gasteiger charge is -2.36. The largest absolute Gasteiger partial charge is 0.309 e. The van der Waals surface area contributed by atoms with E-state index in [2.05, 4.69) is 68.6 Å². The number of halogens is 1. The first-order chi connectivity index (χ1) is 10.1. The van der Waals surface area contributed by atoms with Gasteiger partial charge in [0.25, 0.3) is 0 Å². The molecule has 2 heteroatoms. The molecule has 0 bridgehead atoms. The van der Waals surface area contributed by atoms with Crippen LogP contribution in [-0.4, -0.2) is 6.54 Å². The quantitative estimate of drug-likeness (QED) is 0.757. The molecule has 0 fully saturated rings. The lowest BCUT2D eigenvalue weighted by atomic mass is 9.75. The Morgan fingerprint density at radius 2 is 1.62 bits per heavy atom. The summed E-state index contributed by atoms with van der Waals surface area (Å²) in [7, 11) is 0. The maximum Gasteiger partial charge on any atom is 0.0454 e. The van der Waals surface area contributed by atoms with Gasteiger partial charge in [0.2, 0.25) is 0 Å². The second-order valence-corrected chi connectivity index (χ2v) is 6.40. The minimum absolute atomic E-state index is 0.0403. The molecular weight excluding hydrogens is 278 g/mol. The zero-order chi connectivity index (χ0) is 15.3. The Morgan fingerprint density at radius 1 is 1.00 bits per heavy atom. The third kappa shape index (κ3) is 3.66. The van der Waals surface area contributed by atoms with Crippen molar-refractivity contribution in [2.75, 3.05) is 6.54 Å². The van der Waals surface area contributed by atoms with Crippen LogP contribution in [0.3, 0.4) is 0 Å². The summed E-state index contributed by atoms with van der Waals surface area (Å²) in [4.78, 5) is 0. The SMILES string of the molecule is CCCNC(c1ccccc1Cl)C(C)(C)c1ccccc1. The topological polar surface area (TPSA) is 12.0 Å². The molecule has 2 rings (SSSR count). The second kappa shape index (κ2) is 7.11. The van der Waals surface area contributed by atoms with Gasteiger partial charge in [0.05, 0.1) is 0 Å². The van der Waals surface area contributed by atoms with E-state index in [-0.39, 0.29) is 11.5 Å². The summed E-state index contributed by atoms with van der Waals surface area (Å²) in [5.41, 5.74) is 2.45. The van der Waals surface area contributed by atoms with E-state index in [0.29, 0.717) is 0 Å². The van der Waals surface area contributed by atoms with Gasteiger partial charge in [-0.3, -0.25) is 0 Å². The fraction of sp³-hybridized carbons (Fsp3) is 0.368. The molecule has 2 aromatic carbocycles. The van der Waals surface area contributed by atoms with E-state index in [9.17, 15) is 0 Å². The summed E-state index contributed by atoms with van der Waals surface area (Å²) >= 11 is 6.45. The zero-order valence-corrected chi connectivity index (χ0v) is 13.8. The molecular formula is C19H24ClN. The van der Waals surface area contributed by atoms with Crippen molar-refractivity contribution < 1.29 is 0 Å². The lowest BCUT2D eigenvalue weighted by Crippen LogP contribution is -2.38. The van der Waals surface area contributed by atoms with E-state index >= 15 is 0 Å². The van der Waals surface area contributed by atoms with Crippen molar-refractivity contribution >= 4 is 11.6 Å². The average molecular weight is 302 g/mol. The Balaban J connectivity index is 2.42. The minimum Gasteiger partial charge on any atom is -0.309 e. The number of hydrogen-bond donors (Lipinski definition) is 1. The number of benzene rings is 2. The van der Waals surface area contributed by atoms with Crippen LogP contribution in [0.5, 0.6) is 0 Å². The molecule has 1 unspecified atom stereocenters. The van der Waals surface area contributed by atoms with Crippen LogP contribution in [-0.2, 0) is 5.41 Å². The number of hydrogen-bond acceptors (Lipinski definition) is 1. The van der Waals surface area contributed by atoms with Crippen molar-refractivity contribution in [3.63, 3.8) is 0 Å². The van der Waals surface area contributed by atoms with Gasteiger partial charge in [0.1, 0.15) is 0 Å². The molecule has 0 saturated heterocycles. The molecule has 0 aliphatic carbocycles. The number of rotatable bonds is 6. The molecule has 0 saturated carbocycles. The van der Waals surface area contributed by atoms with Gasteiger partial charge in [-0.25, -0.2) is 0 Å². The van der Waals surface area contributed by atoms with E-state index in [1.165, 1.54) is 11.1 Å². The summed E-state index contributed by atoms with van der Waals surface area (Å²) in [6.07, 6.45) is 1.10. The number of nitrogens with one attached hydrogen (secondary N) is 1. The van der Waals surface area contributed by atoms with Crippen LogP contribution in [0, 0.1) is 0 Å². The Morgan fingerprint density at radius 3 is 2.24 bits per heavy atom. The van der Waals surface area contributed by atoms with Crippen molar-refractivity contribution in [3.05, 3.63) is 70.7 Å². The van der Waals surface area contributed by atoms with Crippen LogP contribution in [0.2, 0.25) is 5.02 Å². The third-order valence-corrected chi connectivity index (χ3v) is 4.40. The summed E-state index contributed by atoms with van der Waals surface area (Å²) in [5, 5.41) is 4.51. The first-order valence-electron chi connectivity index (χ1n) is 7.60. The van der Waals surface area contributed by atoms with Crippen molar-refractivity contribution in [1.82, 2.24) is 5.32 Å². The highest BCUT2D eigenvalue weighted by molar-refractivity contribution is 6.31. The molecule has 0 spiro atoms. The first-order valence-corrected chi connectivity index (χ1v) is 7.98. The molecule has 21 heavy (non-hydrogen) atoms. The maximum absolute atomic E-state index is 6.45. The smallest absolute Gasteiger partial charge is 0.0454 e. The maximum atomic E-state index is 6.45. The van der Waals surface area contributed by atoms with E-state index in [4.69, 9.17) is 11.6 Å². The standard InChI is InChI=1S/C19H24ClN/c1-4-14-21-18(16-12-8-9-13-17(16)20)19(2,3)15-10-6-5-7-11-15/h5-13,18,21H,4,14H2,1-3H3. The predicted molar refractivity (Wildman–Crippen MR) is 92.0 cm³/mol. The van der Waals surface area contributed by atoms with Crippen LogP contribution in [0.25, 0.3) is 0 Å². The van der Waals surface area contributed by atoms with Crippen LogP contribution in [0.4, 0.5) is 0 Å². The van der Waals surface area contributed by atoms with Crippen LogP contribution >= 0.6 is 11.6 Å². The molecule has 0 aromatic heterocycles. The Hall–Kier alpha value is -1.31. The molecule has 0 amide bonds. The van der Waals surface area contributed by atoms with E-state index < -0.39 is 0 Å². The van der Waals surface area contributed by atoms with Gasteiger partial charge in [-0.15, -0.1) is 0 Å². The molecule has 0 aliphatic rings. The fourth-order valence-corrected chi connectivity index (χ4v) is 3.03. The monoisotopic (exact) mass is 301 g/mol. The third-order valence-electron chi connectivity index (χ3n) is 4.05. The average Bonchev–Trinajstić information content (AvgIpc) is 2.50. The normalized spacial score (nSPS) is 13.1. The van der Waals surface area contributed by atoms with Crippen molar-refractivity contribution in [3.8, 4) is 0 Å². The predicted octanol–water partition coefficient (Wildman–Crippen LogP) is 5.36. The van der Waals surface area contributed by atoms with Gasteiger partial charge in [-0.05, 0) is 30.2 Å². The van der Waals surface area contributed by atoms with Crippen LogP contribution in [0.15, 0.2) is 54.6 Å². The second-order valence-electron chi connectivity index (χ2n) is 6.00. The molecule has 1 N–H and O–H groups in total. The molecule has 0 aliphatic heterocycles. The molecule has 2 aromatic rings. The van der Waals surface area contributed by atoms with Gasteiger partial charge in [0, 0.05) is 16.5 Å². The van der Waals surface area contributed by atoms with E-state index in [1.54, 1.807) is 0 Å². The molecule has 0 heterocycles. The van der Waals surface area contributed by atoms with Crippen molar-refractivity contribution in [2.24, 2.45) is 0 Å². The fourth-order valence-electron chi connectivity index (χ4n) is 2.79. The van der Waals surface area contributed by atoms with Gasteiger partial charge in [-0.2, -0.15) is 0 Å². The summed E-state index contributed by atoms with van der Waals surface area (Å²) in [5.74, 6) is 0. The van der Waals surface area contributed by atoms with Gasteiger partial charge in [0.15, 0.2) is 0 Å².